The number of halogens is 1. The molecule has 0 radical (unpaired) electrons. The first-order chi connectivity index (χ1) is 13.8. The molecular formula is C24H29FO4. The standard InChI is InChI=1S/C24H29FO4/c1-5-24(6-2)13-18-11-20(25)12-19(23(18)29-24)14-28-21-9-7-17(8-10-22(26)27)15(3)16(21)4/h7,9,11-12H,5-6,8,10,13-14H2,1-4H3,(H,26,27). The SMILES string of the molecule is CCC1(CC)Cc2cc(F)cc(COc3ccc(CCC(=O)O)c(C)c3C)c2O1. The lowest BCUT2D eigenvalue weighted by molar-refractivity contribution is -0.136. The Morgan fingerprint density at radius 2 is 1.90 bits per heavy atom. The highest BCUT2D eigenvalue weighted by atomic mass is 19.1. The largest absolute Gasteiger partial charge is 0.488 e. The van der Waals surface area contributed by atoms with E-state index in [0.717, 1.165) is 58.6 Å². The minimum atomic E-state index is -0.808. The van der Waals surface area contributed by atoms with Gasteiger partial charge in [0.15, 0.2) is 0 Å². The summed E-state index contributed by atoms with van der Waals surface area (Å²) in [6, 6.07) is 6.83. The van der Waals surface area contributed by atoms with E-state index < -0.39 is 5.97 Å². The van der Waals surface area contributed by atoms with Crippen LogP contribution in [0, 0.1) is 19.7 Å². The molecule has 1 aliphatic heterocycles. The van der Waals surface area contributed by atoms with Crippen molar-refractivity contribution in [3.63, 3.8) is 0 Å². The minimum absolute atomic E-state index is 0.101. The van der Waals surface area contributed by atoms with Crippen molar-refractivity contribution in [1.82, 2.24) is 0 Å². The van der Waals surface area contributed by atoms with Crippen LogP contribution in [-0.2, 0) is 24.2 Å². The molecule has 2 aromatic rings. The number of carbonyl (C=O) groups is 1. The van der Waals surface area contributed by atoms with Gasteiger partial charge in [-0.1, -0.05) is 19.9 Å². The summed E-state index contributed by atoms with van der Waals surface area (Å²) in [7, 11) is 0. The number of carboxylic acids is 1. The predicted molar refractivity (Wildman–Crippen MR) is 110 cm³/mol. The lowest BCUT2D eigenvalue weighted by Crippen LogP contribution is -2.32. The fourth-order valence-electron chi connectivity index (χ4n) is 4.00. The van der Waals surface area contributed by atoms with Crippen LogP contribution in [0.5, 0.6) is 11.5 Å². The molecule has 0 bridgehead atoms. The van der Waals surface area contributed by atoms with Gasteiger partial charge in [0.1, 0.15) is 29.5 Å². The summed E-state index contributed by atoms with van der Waals surface area (Å²) in [5.74, 6) is 0.390. The van der Waals surface area contributed by atoms with E-state index in [0.29, 0.717) is 6.42 Å². The summed E-state index contributed by atoms with van der Waals surface area (Å²) in [4.78, 5) is 10.8. The number of hydrogen-bond acceptors (Lipinski definition) is 3. The first-order valence-corrected chi connectivity index (χ1v) is 10.2. The van der Waals surface area contributed by atoms with Crippen molar-refractivity contribution < 1.29 is 23.8 Å². The van der Waals surface area contributed by atoms with Gasteiger partial charge in [0.2, 0.25) is 0 Å². The van der Waals surface area contributed by atoms with Crippen LogP contribution >= 0.6 is 0 Å². The number of benzene rings is 2. The van der Waals surface area contributed by atoms with Gasteiger partial charge >= 0.3 is 5.97 Å². The van der Waals surface area contributed by atoms with Gasteiger partial charge in [0.05, 0.1) is 0 Å². The van der Waals surface area contributed by atoms with E-state index >= 15 is 0 Å². The van der Waals surface area contributed by atoms with Crippen molar-refractivity contribution in [2.24, 2.45) is 0 Å². The average Bonchev–Trinajstić information content (AvgIpc) is 3.07. The highest BCUT2D eigenvalue weighted by Crippen LogP contribution is 2.42. The Balaban J connectivity index is 1.80. The Morgan fingerprint density at radius 1 is 1.17 bits per heavy atom. The maximum atomic E-state index is 14.2. The van der Waals surface area contributed by atoms with Crippen LogP contribution in [0.4, 0.5) is 4.39 Å². The van der Waals surface area contributed by atoms with E-state index in [1.807, 2.05) is 26.0 Å². The summed E-state index contributed by atoms with van der Waals surface area (Å²) in [5, 5.41) is 8.90. The van der Waals surface area contributed by atoms with E-state index in [2.05, 4.69) is 13.8 Å². The molecule has 0 spiro atoms. The fraction of sp³-hybridized carbons (Fsp3) is 0.458. The zero-order valence-corrected chi connectivity index (χ0v) is 17.6. The van der Waals surface area contributed by atoms with Crippen LogP contribution in [0.15, 0.2) is 24.3 Å². The molecule has 4 nitrogen and oxygen atoms in total. The predicted octanol–water partition coefficient (Wildman–Crippen LogP) is 5.53. The summed E-state index contributed by atoms with van der Waals surface area (Å²) in [6.45, 7) is 8.35. The first kappa shape index (κ1) is 21.2. The molecule has 0 fully saturated rings. The molecule has 1 aliphatic rings. The Bertz CT molecular complexity index is 916. The van der Waals surface area contributed by atoms with Gasteiger partial charge in [-0.15, -0.1) is 0 Å². The zero-order valence-electron chi connectivity index (χ0n) is 17.6. The van der Waals surface area contributed by atoms with E-state index in [1.165, 1.54) is 6.07 Å². The third kappa shape index (κ3) is 4.39. The van der Waals surface area contributed by atoms with E-state index in [9.17, 15) is 9.18 Å². The maximum Gasteiger partial charge on any atom is 0.303 e. The summed E-state index contributed by atoms with van der Waals surface area (Å²) in [5.41, 5.74) is 4.37. The van der Waals surface area contributed by atoms with Crippen LogP contribution in [0.2, 0.25) is 0 Å². The molecule has 156 valence electrons. The third-order valence-corrected chi connectivity index (χ3v) is 6.17. The van der Waals surface area contributed by atoms with E-state index in [1.54, 1.807) is 6.07 Å². The quantitative estimate of drug-likeness (QED) is 0.633. The number of carboxylic acid groups (broad SMARTS) is 1. The van der Waals surface area contributed by atoms with Crippen LogP contribution in [0.3, 0.4) is 0 Å². The van der Waals surface area contributed by atoms with Crippen molar-refractivity contribution in [2.45, 2.75) is 72.0 Å². The Labute approximate surface area is 171 Å². The third-order valence-electron chi connectivity index (χ3n) is 6.17. The van der Waals surface area contributed by atoms with Crippen molar-refractivity contribution in [2.75, 3.05) is 0 Å². The number of rotatable bonds is 8. The molecule has 0 unspecified atom stereocenters. The van der Waals surface area contributed by atoms with Crippen LogP contribution < -0.4 is 9.47 Å². The van der Waals surface area contributed by atoms with Crippen molar-refractivity contribution in [3.05, 3.63) is 57.9 Å². The highest BCUT2D eigenvalue weighted by Gasteiger charge is 2.37. The second kappa shape index (κ2) is 8.44. The molecule has 1 N–H and O–H groups in total. The molecule has 1 heterocycles. The number of fused-ring (bicyclic) bond motifs is 1. The summed E-state index contributed by atoms with van der Waals surface area (Å²) < 4.78 is 26.5. The van der Waals surface area contributed by atoms with E-state index in [4.69, 9.17) is 14.6 Å². The molecule has 0 aliphatic carbocycles. The van der Waals surface area contributed by atoms with Gasteiger partial charge in [0.25, 0.3) is 0 Å². The normalized spacial score (nSPS) is 14.4. The monoisotopic (exact) mass is 400 g/mol. The van der Waals surface area contributed by atoms with Crippen molar-refractivity contribution in [1.29, 1.82) is 0 Å². The minimum Gasteiger partial charge on any atom is -0.488 e. The molecule has 29 heavy (non-hydrogen) atoms. The molecule has 5 heteroatoms. The second-order valence-electron chi connectivity index (χ2n) is 7.88. The summed E-state index contributed by atoms with van der Waals surface area (Å²) in [6.07, 6.45) is 3.05. The van der Waals surface area contributed by atoms with Gasteiger partial charge in [-0.2, -0.15) is 0 Å². The number of aliphatic carboxylic acids is 1. The lowest BCUT2D eigenvalue weighted by atomic mass is 9.91. The smallest absolute Gasteiger partial charge is 0.303 e. The van der Waals surface area contributed by atoms with Gasteiger partial charge in [0, 0.05) is 24.0 Å². The molecule has 0 saturated heterocycles. The fourth-order valence-corrected chi connectivity index (χ4v) is 4.00. The van der Waals surface area contributed by atoms with Crippen molar-refractivity contribution >= 4 is 5.97 Å². The van der Waals surface area contributed by atoms with Crippen LogP contribution in [0.25, 0.3) is 0 Å². The molecule has 0 amide bonds. The summed E-state index contributed by atoms with van der Waals surface area (Å²) >= 11 is 0. The Morgan fingerprint density at radius 3 is 2.55 bits per heavy atom. The Hall–Kier alpha value is -2.56. The van der Waals surface area contributed by atoms with E-state index in [-0.39, 0.29) is 24.4 Å². The van der Waals surface area contributed by atoms with Crippen LogP contribution in [0.1, 0.15) is 60.9 Å². The molecule has 3 rings (SSSR count). The number of hydrogen-bond donors (Lipinski definition) is 1. The number of aryl methyl sites for hydroxylation is 1. The topological polar surface area (TPSA) is 55.8 Å². The molecular weight excluding hydrogens is 371 g/mol. The van der Waals surface area contributed by atoms with Gasteiger partial charge in [-0.25, -0.2) is 4.39 Å². The molecule has 2 aromatic carbocycles. The zero-order chi connectivity index (χ0) is 21.2. The van der Waals surface area contributed by atoms with Crippen molar-refractivity contribution in [3.8, 4) is 11.5 Å². The number of ether oxygens (including phenoxy) is 2. The Kier molecular flexibility index (Phi) is 6.15. The molecule has 0 aromatic heterocycles. The van der Waals surface area contributed by atoms with Gasteiger partial charge in [-0.05, 0) is 68.0 Å². The lowest BCUT2D eigenvalue weighted by Gasteiger charge is -2.26. The van der Waals surface area contributed by atoms with Crippen LogP contribution in [-0.4, -0.2) is 16.7 Å². The second-order valence-corrected chi connectivity index (χ2v) is 7.88. The molecule has 0 saturated carbocycles. The van der Waals surface area contributed by atoms with Gasteiger partial charge in [-0.3, -0.25) is 4.79 Å². The highest BCUT2D eigenvalue weighted by molar-refractivity contribution is 5.67. The van der Waals surface area contributed by atoms with Gasteiger partial charge < -0.3 is 14.6 Å². The maximum absolute atomic E-state index is 14.2. The molecule has 0 atom stereocenters. The average molecular weight is 400 g/mol. The first-order valence-electron chi connectivity index (χ1n) is 10.2.